The minimum Gasteiger partial charge on any atom is -0.472 e. The maximum absolute atomic E-state index is 13.0. The van der Waals surface area contributed by atoms with Gasteiger partial charge < -0.3 is 9.30 Å². The molecule has 0 N–H and O–H groups in total. The maximum Gasteiger partial charge on any atom is 0.417 e. The molecule has 0 saturated heterocycles. The van der Waals surface area contributed by atoms with Crippen LogP contribution in [-0.4, -0.2) is 38.3 Å². The maximum atomic E-state index is 13.0. The fourth-order valence-corrected chi connectivity index (χ4v) is 3.34. The number of hydrogen-bond donors (Lipinski definition) is 0. The fourth-order valence-electron chi connectivity index (χ4n) is 2.54. The van der Waals surface area contributed by atoms with Gasteiger partial charge in [0.1, 0.15) is 5.69 Å². The molecule has 3 aromatic rings. The van der Waals surface area contributed by atoms with Crippen LogP contribution in [0.2, 0.25) is 0 Å². The lowest BCUT2D eigenvalue weighted by atomic mass is 10.2. The molecule has 0 atom stereocenters. The molecule has 3 rings (SSSR count). The second kappa shape index (κ2) is 7.90. The first-order valence-electron chi connectivity index (χ1n) is 8.14. The number of aromatic nitrogens is 4. The van der Waals surface area contributed by atoms with Crippen LogP contribution >= 0.6 is 11.8 Å². The number of imidazole rings is 1. The van der Waals surface area contributed by atoms with Gasteiger partial charge in [0.25, 0.3) is 6.43 Å². The minimum atomic E-state index is -4.50. The summed E-state index contributed by atoms with van der Waals surface area (Å²) in [7, 11) is 1.67. The van der Waals surface area contributed by atoms with E-state index in [0.717, 1.165) is 12.3 Å². The molecule has 0 unspecified atom stereocenters. The van der Waals surface area contributed by atoms with Crippen molar-refractivity contribution >= 4 is 22.8 Å². The Balaban J connectivity index is 2.06. The van der Waals surface area contributed by atoms with Crippen LogP contribution in [0, 0.1) is 0 Å². The van der Waals surface area contributed by atoms with Gasteiger partial charge in [-0.15, -0.1) is 11.8 Å². The number of fused-ring (bicyclic) bond motifs is 1. The zero-order valence-electron chi connectivity index (χ0n) is 14.8. The summed E-state index contributed by atoms with van der Waals surface area (Å²) in [4.78, 5) is 12.7. The van der Waals surface area contributed by atoms with Crippen LogP contribution in [0.25, 0.3) is 22.6 Å². The first-order chi connectivity index (χ1) is 13.2. The second-order valence-corrected chi connectivity index (χ2v) is 7.02. The summed E-state index contributed by atoms with van der Waals surface area (Å²) in [5, 5.41) is 0. The standard InChI is InChI=1S/C17H15F5N4OS/c1-3-28-12-4-9(17(20,21)22)6-24-15(12)16-25-10-5-14(27-8-13(18)19)23-7-11(10)26(16)2/h4-7,13H,3,8H2,1-2H3. The summed E-state index contributed by atoms with van der Waals surface area (Å²) in [5.41, 5.74) is 0.434. The van der Waals surface area contributed by atoms with Crippen LogP contribution in [-0.2, 0) is 13.2 Å². The zero-order valence-corrected chi connectivity index (χ0v) is 15.6. The van der Waals surface area contributed by atoms with E-state index in [1.54, 1.807) is 11.6 Å². The molecule has 0 amide bonds. The molecule has 0 aliphatic heterocycles. The van der Waals surface area contributed by atoms with E-state index in [0.29, 0.717) is 33.2 Å². The van der Waals surface area contributed by atoms with Crippen molar-refractivity contribution < 1.29 is 26.7 Å². The van der Waals surface area contributed by atoms with Crippen molar-refractivity contribution in [3.05, 3.63) is 30.1 Å². The summed E-state index contributed by atoms with van der Waals surface area (Å²) < 4.78 is 70.2. The Morgan fingerprint density at radius 1 is 1.18 bits per heavy atom. The largest absolute Gasteiger partial charge is 0.472 e. The van der Waals surface area contributed by atoms with E-state index in [9.17, 15) is 22.0 Å². The fraction of sp³-hybridized carbons (Fsp3) is 0.353. The molecule has 28 heavy (non-hydrogen) atoms. The Labute approximate surface area is 161 Å². The van der Waals surface area contributed by atoms with Crippen LogP contribution in [0.5, 0.6) is 5.88 Å². The van der Waals surface area contributed by atoms with E-state index in [2.05, 4.69) is 15.0 Å². The molecular formula is C17H15F5N4OS. The van der Waals surface area contributed by atoms with Gasteiger partial charge in [-0.1, -0.05) is 6.92 Å². The first kappa shape index (κ1) is 20.3. The Morgan fingerprint density at radius 3 is 2.57 bits per heavy atom. The Morgan fingerprint density at radius 2 is 1.93 bits per heavy atom. The molecule has 0 spiro atoms. The van der Waals surface area contributed by atoms with Crippen LogP contribution in [0.15, 0.2) is 29.4 Å². The SMILES string of the molecule is CCSc1cc(C(F)(F)F)cnc1-c1nc2cc(OCC(F)F)ncc2n1C. The Hall–Kier alpha value is -2.43. The number of ether oxygens (including phenoxy) is 1. The van der Waals surface area contributed by atoms with Gasteiger partial charge in [-0.25, -0.2) is 18.7 Å². The predicted octanol–water partition coefficient (Wildman–Crippen LogP) is 4.81. The van der Waals surface area contributed by atoms with Gasteiger partial charge in [0.15, 0.2) is 12.4 Å². The molecule has 3 aromatic heterocycles. The normalized spacial score (nSPS) is 12.1. The van der Waals surface area contributed by atoms with Crippen molar-refractivity contribution in [2.45, 2.75) is 24.4 Å². The monoisotopic (exact) mass is 418 g/mol. The lowest BCUT2D eigenvalue weighted by Crippen LogP contribution is -2.07. The van der Waals surface area contributed by atoms with E-state index in [-0.39, 0.29) is 5.88 Å². The number of alkyl halides is 5. The smallest absolute Gasteiger partial charge is 0.417 e. The number of hydrogen-bond acceptors (Lipinski definition) is 5. The van der Waals surface area contributed by atoms with Gasteiger partial charge in [-0.05, 0) is 11.8 Å². The molecule has 0 aromatic carbocycles. The lowest BCUT2D eigenvalue weighted by molar-refractivity contribution is -0.138. The highest BCUT2D eigenvalue weighted by Gasteiger charge is 2.32. The zero-order chi connectivity index (χ0) is 20.5. The molecule has 0 fully saturated rings. The molecule has 0 aliphatic rings. The van der Waals surface area contributed by atoms with Crippen molar-refractivity contribution in [2.24, 2.45) is 7.05 Å². The van der Waals surface area contributed by atoms with E-state index < -0.39 is 24.8 Å². The number of pyridine rings is 2. The summed E-state index contributed by atoms with van der Waals surface area (Å²) >= 11 is 1.22. The molecule has 5 nitrogen and oxygen atoms in total. The summed E-state index contributed by atoms with van der Waals surface area (Å²) in [6.07, 6.45) is -4.96. The molecule has 0 saturated carbocycles. The van der Waals surface area contributed by atoms with E-state index in [1.165, 1.54) is 24.0 Å². The molecule has 11 heteroatoms. The molecule has 0 radical (unpaired) electrons. The highest BCUT2D eigenvalue weighted by Crippen LogP contribution is 2.36. The van der Waals surface area contributed by atoms with Gasteiger partial charge in [-0.3, -0.25) is 4.98 Å². The average molecular weight is 418 g/mol. The minimum absolute atomic E-state index is 0.0130. The van der Waals surface area contributed by atoms with Gasteiger partial charge in [-0.2, -0.15) is 13.2 Å². The Kier molecular flexibility index (Phi) is 5.73. The van der Waals surface area contributed by atoms with Crippen molar-refractivity contribution in [1.82, 2.24) is 19.5 Å². The van der Waals surface area contributed by atoms with E-state index >= 15 is 0 Å². The van der Waals surface area contributed by atoms with Crippen molar-refractivity contribution in [1.29, 1.82) is 0 Å². The average Bonchev–Trinajstić information content (AvgIpc) is 2.95. The lowest BCUT2D eigenvalue weighted by Gasteiger charge is -2.12. The van der Waals surface area contributed by atoms with Crippen LogP contribution in [0.1, 0.15) is 12.5 Å². The number of aryl methyl sites for hydroxylation is 1. The first-order valence-corrected chi connectivity index (χ1v) is 9.13. The van der Waals surface area contributed by atoms with E-state index in [1.807, 2.05) is 6.92 Å². The van der Waals surface area contributed by atoms with Crippen LogP contribution < -0.4 is 4.74 Å². The molecule has 0 aliphatic carbocycles. The van der Waals surface area contributed by atoms with Crippen LogP contribution in [0.3, 0.4) is 0 Å². The van der Waals surface area contributed by atoms with Crippen LogP contribution in [0.4, 0.5) is 22.0 Å². The summed E-state index contributed by atoms with van der Waals surface area (Å²) in [6.45, 7) is 1.02. The molecule has 150 valence electrons. The summed E-state index contributed by atoms with van der Waals surface area (Å²) in [6, 6.07) is 2.45. The predicted molar refractivity (Wildman–Crippen MR) is 94.6 cm³/mol. The third kappa shape index (κ3) is 4.18. The van der Waals surface area contributed by atoms with E-state index in [4.69, 9.17) is 4.74 Å². The third-order valence-electron chi connectivity index (χ3n) is 3.79. The molecule has 3 heterocycles. The second-order valence-electron chi connectivity index (χ2n) is 5.71. The Bertz CT molecular complexity index is 990. The van der Waals surface area contributed by atoms with Gasteiger partial charge >= 0.3 is 6.18 Å². The third-order valence-corrected chi connectivity index (χ3v) is 4.70. The molecular weight excluding hydrogens is 403 g/mol. The summed E-state index contributed by atoms with van der Waals surface area (Å²) in [5.74, 6) is 0.876. The van der Waals surface area contributed by atoms with Crippen molar-refractivity contribution in [3.8, 4) is 17.4 Å². The van der Waals surface area contributed by atoms with Gasteiger partial charge in [0.05, 0.1) is 22.8 Å². The quantitative estimate of drug-likeness (QED) is 0.425. The van der Waals surface area contributed by atoms with Crippen molar-refractivity contribution in [2.75, 3.05) is 12.4 Å². The van der Waals surface area contributed by atoms with Gasteiger partial charge in [0.2, 0.25) is 5.88 Å². The topological polar surface area (TPSA) is 52.8 Å². The van der Waals surface area contributed by atoms with Gasteiger partial charge in [0, 0.05) is 24.2 Å². The molecule has 0 bridgehead atoms. The highest BCUT2D eigenvalue weighted by molar-refractivity contribution is 7.99. The highest BCUT2D eigenvalue weighted by atomic mass is 32.2. The number of rotatable bonds is 6. The number of nitrogens with zero attached hydrogens (tertiary/aromatic N) is 4. The number of thioether (sulfide) groups is 1. The van der Waals surface area contributed by atoms with Crippen molar-refractivity contribution in [3.63, 3.8) is 0 Å². The number of halogens is 5.